The summed E-state index contributed by atoms with van der Waals surface area (Å²) in [5.41, 5.74) is 2.53. The summed E-state index contributed by atoms with van der Waals surface area (Å²) >= 11 is 13.9. The SMILES string of the molecule is Clc1ccc(CSC(Cn2ccnc2)c2ccc(Cl)cc2)cc1. The lowest BCUT2D eigenvalue weighted by atomic mass is 10.1. The van der Waals surface area contributed by atoms with Crippen molar-refractivity contribution in [3.63, 3.8) is 0 Å². The van der Waals surface area contributed by atoms with E-state index in [1.807, 2.05) is 54.7 Å². The van der Waals surface area contributed by atoms with Gasteiger partial charge in [-0.2, -0.15) is 0 Å². The highest BCUT2D eigenvalue weighted by Gasteiger charge is 2.13. The molecule has 118 valence electrons. The van der Waals surface area contributed by atoms with Crippen LogP contribution >= 0.6 is 35.0 Å². The number of benzene rings is 2. The first kappa shape index (κ1) is 16.4. The predicted molar refractivity (Wildman–Crippen MR) is 99.2 cm³/mol. The van der Waals surface area contributed by atoms with E-state index in [9.17, 15) is 0 Å². The zero-order chi connectivity index (χ0) is 16.1. The van der Waals surface area contributed by atoms with Crippen molar-refractivity contribution in [2.75, 3.05) is 0 Å². The summed E-state index contributed by atoms with van der Waals surface area (Å²) < 4.78 is 2.11. The van der Waals surface area contributed by atoms with Crippen LogP contribution in [-0.2, 0) is 12.3 Å². The van der Waals surface area contributed by atoms with Crippen molar-refractivity contribution in [3.05, 3.63) is 88.4 Å². The molecule has 3 aromatic rings. The fraction of sp³-hybridized carbons (Fsp3) is 0.167. The molecular weight excluding hydrogens is 347 g/mol. The van der Waals surface area contributed by atoms with E-state index in [-0.39, 0.29) is 0 Å². The summed E-state index contributed by atoms with van der Waals surface area (Å²) in [6, 6.07) is 16.1. The molecule has 5 heteroatoms. The average Bonchev–Trinajstić information content (AvgIpc) is 3.07. The number of thioether (sulfide) groups is 1. The molecule has 3 rings (SSSR count). The van der Waals surface area contributed by atoms with E-state index < -0.39 is 0 Å². The lowest BCUT2D eigenvalue weighted by molar-refractivity contribution is 0.683. The fourth-order valence-corrected chi connectivity index (χ4v) is 3.76. The summed E-state index contributed by atoms with van der Waals surface area (Å²) in [7, 11) is 0. The van der Waals surface area contributed by atoms with Gasteiger partial charge in [-0.25, -0.2) is 4.98 Å². The van der Waals surface area contributed by atoms with Crippen molar-refractivity contribution < 1.29 is 0 Å². The standard InChI is InChI=1S/C18H16Cl2N2S/c19-16-5-1-14(2-6-16)12-23-18(11-22-10-9-21-13-22)15-3-7-17(20)8-4-15/h1-10,13,18H,11-12H2. The minimum absolute atomic E-state index is 0.331. The second kappa shape index (κ2) is 7.91. The Morgan fingerprint density at radius 2 is 1.61 bits per heavy atom. The Bertz CT molecular complexity index is 725. The van der Waals surface area contributed by atoms with Crippen molar-refractivity contribution >= 4 is 35.0 Å². The molecule has 0 aliphatic rings. The summed E-state index contributed by atoms with van der Waals surface area (Å²) in [5, 5.41) is 1.86. The Morgan fingerprint density at radius 1 is 0.957 bits per heavy atom. The second-order valence-electron chi connectivity index (χ2n) is 5.24. The number of hydrogen-bond acceptors (Lipinski definition) is 2. The minimum Gasteiger partial charge on any atom is -0.336 e. The van der Waals surface area contributed by atoms with Crippen LogP contribution in [0.3, 0.4) is 0 Å². The maximum absolute atomic E-state index is 6.01. The molecule has 2 aromatic carbocycles. The van der Waals surface area contributed by atoms with Gasteiger partial charge < -0.3 is 4.57 Å². The van der Waals surface area contributed by atoms with Gasteiger partial charge >= 0.3 is 0 Å². The van der Waals surface area contributed by atoms with Crippen molar-refractivity contribution in [1.82, 2.24) is 9.55 Å². The number of aromatic nitrogens is 2. The summed E-state index contributed by atoms with van der Waals surface area (Å²) in [4.78, 5) is 4.13. The maximum Gasteiger partial charge on any atom is 0.0946 e. The van der Waals surface area contributed by atoms with E-state index >= 15 is 0 Å². The van der Waals surface area contributed by atoms with Gasteiger partial charge in [0.1, 0.15) is 0 Å². The van der Waals surface area contributed by atoms with E-state index in [2.05, 4.69) is 33.8 Å². The highest BCUT2D eigenvalue weighted by molar-refractivity contribution is 7.98. The molecule has 0 spiro atoms. The maximum atomic E-state index is 6.01. The quantitative estimate of drug-likeness (QED) is 0.545. The molecule has 0 aliphatic heterocycles. The van der Waals surface area contributed by atoms with Gasteiger partial charge in [0.2, 0.25) is 0 Å². The third kappa shape index (κ3) is 4.77. The molecule has 2 nitrogen and oxygen atoms in total. The Morgan fingerprint density at radius 3 is 2.22 bits per heavy atom. The highest BCUT2D eigenvalue weighted by atomic mass is 35.5. The van der Waals surface area contributed by atoms with Gasteiger partial charge in [-0.15, -0.1) is 11.8 Å². The summed E-state index contributed by atoms with van der Waals surface area (Å²) in [6.07, 6.45) is 5.65. The third-order valence-electron chi connectivity index (χ3n) is 3.54. The molecule has 1 aromatic heterocycles. The zero-order valence-electron chi connectivity index (χ0n) is 12.4. The van der Waals surface area contributed by atoms with Gasteiger partial charge in [0.05, 0.1) is 6.33 Å². The average molecular weight is 363 g/mol. The lowest BCUT2D eigenvalue weighted by Crippen LogP contribution is -2.05. The molecule has 23 heavy (non-hydrogen) atoms. The van der Waals surface area contributed by atoms with Gasteiger partial charge in [-0.1, -0.05) is 47.5 Å². The van der Waals surface area contributed by atoms with Crippen molar-refractivity contribution in [1.29, 1.82) is 0 Å². The van der Waals surface area contributed by atoms with Gasteiger partial charge in [0.25, 0.3) is 0 Å². The van der Waals surface area contributed by atoms with Crippen LogP contribution in [0, 0.1) is 0 Å². The van der Waals surface area contributed by atoms with E-state index in [0.29, 0.717) is 5.25 Å². The topological polar surface area (TPSA) is 17.8 Å². The van der Waals surface area contributed by atoms with Gasteiger partial charge in [-0.3, -0.25) is 0 Å². The molecule has 0 aliphatic carbocycles. The predicted octanol–water partition coefficient (Wildman–Crippen LogP) is 5.86. The van der Waals surface area contributed by atoms with E-state index in [0.717, 1.165) is 22.3 Å². The third-order valence-corrected chi connectivity index (χ3v) is 5.37. The fourth-order valence-electron chi connectivity index (χ4n) is 2.30. The van der Waals surface area contributed by atoms with E-state index in [1.54, 1.807) is 0 Å². The van der Waals surface area contributed by atoms with Crippen molar-refractivity contribution in [3.8, 4) is 0 Å². The molecule has 0 saturated heterocycles. The Labute approximate surface area is 150 Å². The highest BCUT2D eigenvalue weighted by Crippen LogP contribution is 2.34. The van der Waals surface area contributed by atoms with Gasteiger partial charge in [0, 0.05) is 40.0 Å². The van der Waals surface area contributed by atoms with Gasteiger partial charge in [-0.05, 0) is 35.4 Å². The number of rotatable bonds is 6. The van der Waals surface area contributed by atoms with Gasteiger partial charge in [0.15, 0.2) is 0 Å². The van der Waals surface area contributed by atoms with Crippen LogP contribution in [0.15, 0.2) is 67.3 Å². The van der Waals surface area contributed by atoms with E-state index in [4.69, 9.17) is 23.2 Å². The lowest BCUT2D eigenvalue weighted by Gasteiger charge is -2.18. The first-order valence-electron chi connectivity index (χ1n) is 7.28. The molecule has 0 N–H and O–H groups in total. The first-order chi connectivity index (χ1) is 11.2. The number of nitrogens with zero attached hydrogens (tertiary/aromatic N) is 2. The van der Waals surface area contributed by atoms with E-state index in [1.165, 1.54) is 11.1 Å². The molecule has 1 unspecified atom stereocenters. The van der Waals surface area contributed by atoms with Crippen LogP contribution in [0.25, 0.3) is 0 Å². The monoisotopic (exact) mass is 362 g/mol. The molecule has 0 bridgehead atoms. The number of imidazole rings is 1. The summed E-state index contributed by atoms with van der Waals surface area (Å²) in [6.45, 7) is 0.875. The molecule has 1 atom stereocenters. The van der Waals surface area contributed by atoms with Crippen molar-refractivity contribution in [2.24, 2.45) is 0 Å². The minimum atomic E-state index is 0.331. The Hall–Kier alpha value is -1.42. The molecule has 1 heterocycles. The van der Waals surface area contributed by atoms with Crippen molar-refractivity contribution in [2.45, 2.75) is 17.5 Å². The number of hydrogen-bond donors (Lipinski definition) is 0. The number of halogens is 2. The molecule has 0 saturated carbocycles. The van der Waals surface area contributed by atoms with Crippen LogP contribution in [0.2, 0.25) is 10.0 Å². The van der Waals surface area contributed by atoms with Crippen LogP contribution in [0.4, 0.5) is 0 Å². The van der Waals surface area contributed by atoms with Crippen LogP contribution < -0.4 is 0 Å². The Kier molecular flexibility index (Phi) is 5.65. The zero-order valence-corrected chi connectivity index (χ0v) is 14.7. The van der Waals surface area contributed by atoms with Crippen LogP contribution in [-0.4, -0.2) is 9.55 Å². The normalized spacial score (nSPS) is 12.3. The largest absolute Gasteiger partial charge is 0.336 e. The second-order valence-corrected chi connectivity index (χ2v) is 7.30. The Balaban J connectivity index is 1.74. The molecule has 0 amide bonds. The first-order valence-corrected chi connectivity index (χ1v) is 9.08. The molecule has 0 radical (unpaired) electrons. The summed E-state index contributed by atoms with van der Waals surface area (Å²) in [5.74, 6) is 0.930. The molecular formula is C18H16Cl2N2S. The molecule has 0 fully saturated rings. The van der Waals surface area contributed by atoms with Crippen LogP contribution in [0.1, 0.15) is 16.4 Å². The smallest absolute Gasteiger partial charge is 0.0946 e. The van der Waals surface area contributed by atoms with Crippen LogP contribution in [0.5, 0.6) is 0 Å².